The Kier molecular flexibility index (Phi) is 12.3. The van der Waals surface area contributed by atoms with Gasteiger partial charge in [0.1, 0.15) is 41.4 Å². The number of aliphatic hydroxyl groups excluding tert-OH is 1. The molecule has 3 aliphatic rings. The Morgan fingerprint density at radius 2 is 1.82 bits per heavy atom. The lowest BCUT2D eigenvalue weighted by Crippen LogP contribution is -2.65. The molecule has 0 spiro atoms. The Bertz CT molecular complexity index is 1960. The number of aromatic hydroxyl groups is 1. The smallest absolute Gasteiger partial charge is 0.334 e. The monoisotopic (exact) mass is 786 g/mol. The number of aliphatic carboxylic acids is 2. The van der Waals surface area contributed by atoms with Gasteiger partial charge < -0.3 is 57.1 Å². The summed E-state index contributed by atoms with van der Waals surface area (Å²) >= 11 is 6.33. The first-order valence-corrected chi connectivity index (χ1v) is 17.3. The molecule has 19 heteroatoms. The Morgan fingerprint density at radius 1 is 1.16 bits per heavy atom. The highest BCUT2D eigenvalue weighted by molar-refractivity contribution is 6.32. The molecule has 55 heavy (non-hydrogen) atoms. The first kappa shape index (κ1) is 42.2. The molecule has 7 atom stereocenters. The predicted molar refractivity (Wildman–Crippen MR) is 194 cm³/mol. The van der Waals surface area contributed by atoms with Gasteiger partial charge in [0.15, 0.2) is 11.5 Å². The Labute approximate surface area is 320 Å². The minimum absolute atomic E-state index is 0.0240. The number of ether oxygens (including phenoxy) is 1. The second-order valence-electron chi connectivity index (χ2n) is 13.7. The van der Waals surface area contributed by atoms with Crippen molar-refractivity contribution >= 4 is 53.0 Å². The van der Waals surface area contributed by atoms with Crippen LogP contribution in [-0.2, 0) is 33.6 Å². The molecule has 2 bridgehead atoms. The third-order valence-electron chi connectivity index (χ3n) is 9.87. The van der Waals surface area contributed by atoms with E-state index in [1.54, 1.807) is 6.92 Å². The summed E-state index contributed by atoms with van der Waals surface area (Å²) in [7, 11) is 1.40. The quantitative estimate of drug-likeness (QED) is 0.115. The number of carbonyl (C=O) groups excluding carboxylic acids is 5. The number of halogens is 1. The molecule has 296 valence electrons. The van der Waals surface area contributed by atoms with E-state index >= 15 is 0 Å². The molecule has 0 saturated heterocycles. The van der Waals surface area contributed by atoms with Crippen LogP contribution >= 0.6 is 11.6 Å². The molecule has 1 aromatic carbocycles. The molecular formula is C36H43ClN6O12. The van der Waals surface area contributed by atoms with Crippen molar-refractivity contribution in [3.8, 4) is 11.5 Å². The Morgan fingerprint density at radius 3 is 2.38 bits per heavy atom. The maximum Gasteiger partial charge on any atom is 0.334 e. The molecule has 10 N–H and O–H groups in total. The van der Waals surface area contributed by atoms with Crippen molar-refractivity contribution in [3.05, 3.63) is 69.9 Å². The molecule has 4 rings (SSSR count). The van der Waals surface area contributed by atoms with E-state index in [0.29, 0.717) is 6.08 Å². The van der Waals surface area contributed by atoms with Crippen LogP contribution in [0, 0.1) is 0 Å². The zero-order valence-electron chi connectivity index (χ0n) is 30.6. The van der Waals surface area contributed by atoms with Crippen molar-refractivity contribution in [2.24, 2.45) is 5.73 Å². The molecule has 1 aliphatic carbocycles. The lowest BCUT2D eigenvalue weighted by Gasteiger charge is -2.40. The van der Waals surface area contributed by atoms with Crippen molar-refractivity contribution < 1.29 is 58.7 Å². The Hall–Kier alpha value is -5.56. The average molecular weight is 787 g/mol. The minimum Gasteiger partial charge on any atom is -0.503 e. The van der Waals surface area contributed by atoms with Crippen LogP contribution in [0.5, 0.6) is 11.5 Å². The molecule has 0 radical (unpaired) electrons. The van der Waals surface area contributed by atoms with E-state index in [-0.39, 0.29) is 46.1 Å². The summed E-state index contributed by atoms with van der Waals surface area (Å²) in [6, 6.07) is -3.39. The van der Waals surface area contributed by atoms with Crippen LogP contribution in [0.2, 0.25) is 5.02 Å². The summed E-state index contributed by atoms with van der Waals surface area (Å²) in [6.07, 6.45) is 1.10. The van der Waals surface area contributed by atoms with Crippen molar-refractivity contribution in [2.45, 2.75) is 81.9 Å². The van der Waals surface area contributed by atoms with Crippen LogP contribution in [0.15, 0.2) is 59.4 Å². The SMILES string of the molecule is C=C(C)[C@@H]1NC(=O)[C@@H](NC)[C@@H](O)c2cc(Cl)c(O)c(c2)O[C@](C)(CC)[C@@H](C(=O)N2CC=C[C@H]2C(=O)NC2=C(C)CC(N)(/C(=C/C(=O)O)C(=O)O)C2=O)NC1=O. The van der Waals surface area contributed by atoms with Gasteiger partial charge in [-0.05, 0) is 63.1 Å². The van der Waals surface area contributed by atoms with E-state index in [9.17, 15) is 54.0 Å². The van der Waals surface area contributed by atoms with Gasteiger partial charge in [-0.15, -0.1) is 0 Å². The number of Topliss-reactive ketones (excluding diaryl/α,β-unsaturated/α-hetero) is 1. The van der Waals surface area contributed by atoms with Gasteiger partial charge in [0.2, 0.25) is 17.6 Å². The van der Waals surface area contributed by atoms with Gasteiger partial charge >= 0.3 is 11.9 Å². The topological polar surface area (TPSA) is 287 Å². The minimum atomic E-state index is -2.32. The highest BCUT2D eigenvalue weighted by Gasteiger charge is 2.51. The molecule has 0 fully saturated rings. The first-order chi connectivity index (χ1) is 25.6. The summed E-state index contributed by atoms with van der Waals surface area (Å²) in [5, 5.41) is 51.0. The molecule has 18 nitrogen and oxygen atoms in total. The maximum absolute atomic E-state index is 14.7. The number of aliphatic hydroxyl groups is 1. The van der Waals surface area contributed by atoms with E-state index in [0.717, 1.165) is 4.90 Å². The van der Waals surface area contributed by atoms with E-state index in [2.05, 4.69) is 27.8 Å². The summed E-state index contributed by atoms with van der Waals surface area (Å²) in [5.41, 5.74) is 1.16. The van der Waals surface area contributed by atoms with E-state index in [1.807, 2.05) is 0 Å². The number of fused-ring (bicyclic) bond motifs is 2. The number of phenols is 1. The number of ketones is 1. The fourth-order valence-electron chi connectivity index (χ4n) is 6.63. The maximum atomic E-state index is 14.7. The van der Waals surface area contributed by atoms with Gasteiger partial charge in [-0.2, -0.15) is 0 Å². The number of benzene rings is 1. The van der Waals surface area contributed by atoms with Crippen molar-refractivity contribution in [1.82, 2.24) is 26.2 Å². The molecule has 0 saturated carbocycles. The predicted octanol–water partition coefficient (Wildman–Crippen LogP) is -0.303. The molecule has 0 aromatic heterocycles. The number of nitrogens with one attached hydrogen (secondary N) is 4. The number of nitrogens with two attached hydrogens (primary N) is 1. The van der Waals surface area contributed by atoms with Crippen molar-refractivity contribution in [3.63, 3.8) is 0 Å². The van der Waals surface area contributed by atoms with Crippen LogP contribution in [-0.4, -0.2) is 116 Å². The number of hydrogen-bond acceptors (Lipinski definition) is 12. The zero-order chi connectivity index (χ0) is 41.3. The van der Waals surface area contributed by atoms with Gasteiger partial charge in [-0.1, -0.05) is 37.3 Å². The lowest BCUT2D eigenvalue weighted by molar-refractivity contribution is -0.146. The van der Waals surface area contributed by atoms with Gasteiger partial charge in [-0.25, -0.2) is 9.59 Å². The van der Waals surface area contributed by atoms with E-state index < -0.39 is 101 Å². The molecule has 4 amide bonds. The lowest BCUT2D eigenvalue weighted by atomic mass is 9.85. The molecule has 2 aliphatic heterocycles. The van der Waals surface area contributed by atoms with Crippen LogP contribution in [0.4, 0.5) is 0 Å². The standard InChI is InChI=1S/C36H43ClN6O12/c1-7-35(5)28(42-31(50)23(15(2)3)40-32(51)25(39-6)26(46)17-11-19(37)27(47)21(12-17)55-35)33(52)43-10-8-9-20(43)30(49)41-24-16(4)14-36(38,29(24)48)18(34(53)54)13-22(44)45/h8-9,11-13,20,23,25-26,28,39,46-47H,2,7,10,14,38H2,1,3-6H3,(H,40,51)(H,41,49)(H,42,50)(H,44,45)(H,53,54)/b18-13+/t20-,23-,25-,26-,28+,35+,36?/m0/s1. The third-order valence-corrected chi connectivity index (χ3v) is 10.2. The summed E-state index contributed by atoms with van der Waals surface area (Å²) < 4.78 is 6.28. The van der Waals surface area contributed by atoms with Gasteiger partial charge in [-0.3, -0.25) is 24.0 Å². The van der Waals surface area contributed by atoms with Gasteiger partial charge in [0, 0.05) is 19.0 Å². The number of amides is 4. The Balaban J connectivity index is 1.75. The molecular weight excluding hydrogens is 744 g/mol. The number of carboxylic acids is 2. The van der Waals surface area contributed by atoms with Gasteiger partial charge in [0.05, 0.1) is 16.3 Å². The number of carboxylic acid groups (broad SMARTS) is 2. The fraction of sp³-hybridized carbons (Fsp3) is 0.417. The van der Waals surface area contributed by atoms with Crippen molar-refractivity contribution in [2.75, 3.05) is 13.6 Å². The fourth-order valence-corrected chi connectivity index (χ4v) is 6.85. The summed E-state index contributed by atoms with van der Waals surface area (Å²) in [4.78, 5) is 93.7. The van der Waals surface area contributed by atoms with Gasteiger partial charge in [0.25, 0.3) is 11.8 Å². The third kappa shape index (κ3) is 8.12. The summed E-state index contributed by atoms with van der Waals surface area (Å²) in [5.74, 6) is -8.90. The van der Waals surface area contributed by atoms with E-state index in [4.69, 9.17) is 22.1 Å². The largest absolute Gasteiger partial charge is 0.503 e. The van der Waals surface area contributed by atoms with Crippen LogP contribution < -0.4 is 31.7 Å². The summed E-state index contributed by atoms with van der Waals surface area (Å²) in [6.45, 7) is 9.55. The second kappa shape index (κ2) is 16.0. The van der Waals surface area contributed by atoms with Crippen LogP contribution in [0.3, 0.4) is 0 Å². The van der Waals surface area contributed by atoms with E-state index in [1.165, 1.54) is 52.1 Å². The molecule has 2 heterocycles. The normalized spacial score (nSPS) is 28.7. The second-order valence-corrected chi connectivity index (χ2v) is 14.2. The number of carbonyl (C=O) groups is 7. The molecule has 1 aromatic rings. The number of likely N-dealkylation sites (N-methyl/N-ethyl adjacent to an activating group) is 1. The highest BCUT2D eigenvalue weighted by atomic mass is 35.5. The number of hydrogen-bond donors (Lipinski definition) is 9. The van der Waals surface area contributed by atoms with Crippen LogP contribution in [0.25, 0.3) is 0 Å². The molecule has 1 unspecified atom stereocenters. The number of nitrogens with zero attached hydrogens (tertiary/aromatic N) is 1. The number of rotatable bonds is 9. The van der Waals surface area contributed by atoms with Crippen molar-refractivity contribution in [1.29, 1.82) is 0 Å². The van der Waals surface area contributed by atoms with Crippen LogP contribution in [0.1, 0.15) is 52.2 Å². The first-order valence-electron chi connectivity index (χ1n) is 16.9. The average Bonchev–Trinajstić information content (AvgIpc) is 3.69. The zero-order valence-corrected chi connectivity index (χ0v) is 31.3. The number of phenolic OH excluding ortho intramolecular Hbond substituents is 1. The highest BCUT2D eigenvalue weighted by Crippen LogP contribution is 2.41.